The van der Waals surface area contributed by atoms with Crippen molar-refractivity contribution in [1.82, 2.24) is 0 Å². The summed E-state index contributed by atoms with van der Waals surface area (Å²) in [6.45, 7) is 0. The van der Waals surface area contributed by atoms with Gasteiger partial charge in [-0.25, -0.2) is 4.39 Å². The highest BCUT2D eigenvalue weighted by molar-refractivity contribution is 6.30. The number of methoxy groups -OCH3 is 1. The van der Waals surface area contributed by atoms with E-state index < -0.39 is 5.92 Å². The Bertz CT molecular complexity index is 593. The molecule has 2 aromatic rings. The highest BCUT2D eigenvalue weighted by atomic mass is 35.5. The fourth-order valence-corrected chi connectivity index (χ4v) is 2.35. The van der Waals surface area contributed by atoms with Crippen molar-refractivity contribution in [2.45, 2.75) is 18.8 Å². The van der Waals surface area contributed by atoms with Gasteiger partial charge in [0.2, 0.25) is 0 Å². The van der Waals surface area contributed by atoms with Gasteiger partial charge in [-0.05, 0) is 48.2 Å². The maximum absolute atomic E-state index is 13.0. The smallest absolute Gasteiger partial charge is 0.313 e. The number of ether oxygens (including phenoxy) is 1. The Morgan fingerprint density at radius 2 is 1.76 bits per heavy atom. The Morgan fingerprint density at radius 1 is 1.14 bits per heavy atom. The van der Waals surface area contributed by atoms with Crippen molar-refractivity contribution in [1.29, 1.82) is 0 Å². The second-order valence-electron chi connectivity index (χ2n) is 4.79. The van der Waals surface area contributed by atoms with Crippen molar-refractivity contribution in [3.63, 3.8) is 0 Å². The molecule has 2 nitrogen and oxygen atoms in total. The predicted octanol–water partition coefficient (Wildman–Crippen LogP) is 4.37. The second kappa shape index (κ2) is 7.23. The van der Waals surface area contributed by atoms with Gasteiger partial charge in [0.1, 0.15) is 5.82 Å². The molecule has 0 N–H and O–H groups in total. The largest absolute Gasteiger partial charge is 0.469 e. The lowest BCUT2D eigenvalue weighted by Crippen LogP contribution is -2.15. The summed E-state index contributed by atoms with van der Waals surface area (Å²) in [5.74, 6) is -1.03. The molecule has 0 bridgehead atoms. The summed E-state index contributed by atoms with van der Waals surface area (Å²) in [7, 11) is 1.36. The first kappa shape index (κ1) is 15.5. The molecule has 0 saturated heterocycles. The van der Waals surface area contributed by atoms with Crippen molar-refractivity contribution in [3.8, 4) is 0 Å². The first-order valence-corrected chi connectivity index (χ1v) is 7.05. The second-order valence-corrected chi connectivity index (χ2v) is 5.23. The molecular formula is C17H16ClFO2. The van der Waals surface area contributed by atoms with E-state index in [0.717, 1.165) is 11.1 Å². The number of hydrogen-bond acceptors (Lipinski definition) is 2. The topological polar surface area (TPSA) is 26.3 Å². The third-order valence-corrected chi connectivity index (χ3v) is 3.64. The van der Waals surface area contributed by atoms with Crippen LogP contribution in [0.5, 0.6) is 0 Å². The van der Waals surface area contributed by atoms with Gasteiger partial charge in [-0.1, -0.05) is 35.9 Å². The number of esters is 1. The minimum Gasteiger partial charge on any atom is -0.469 e. The standard InChI is InChI=1S/C17H16ClFO2/c1-21-17(20)16(13-5-9-15(19)10-6-13)11-4-12-2-7-14(18)8-3-12/h2-3,5-10,16H,4,11H2,1H3. The molecule has 0 aliphatic rings. The molecule has 1 unspecified atom stereocenters. The molecule has 2 rings (SSSR count). The van der Waals surface area contributed by atoms with Gasteiger partial charge in [-0.2, -0.15) is 0 Å². The summed E-state index contributed by atoms with van der Waals surface area (Å²) in [6.07, 6.45) is 1.31. The molecule has 21 heavy (non-hydrogen) atoms. The molecule has 0 fully saturated rings. The Labute approximate surface area is 128 Å². The van der Waals surface area contributed by atoms with Crippen molar-refractivity contribution in [2.75, 3.05) is 7.11 Å². The molecule has 0 saturated carbocycles. The summed E-state index contributed by atoms with van der Waals surface area (Å²) in [6, 6.07) is 13.5. The minimum atomic E-state index is -0.397. The van der Waals surface area contributed by atoms with Crippen LogP contribution in [0.1, 0.15) is 23.5 Å². The van der Waals surface area contributed by atoms with E-state index in [1.54, 1.807) is 12.1 Å². The molecule has 0 radical (unpaired) electrons. The Balaban J connectivity index is 2.11. The number of carbonyl (C=O) groups excluding carboxylic acids is 1. The van der Waals surface area contributed by atoms with Gasteiger partial charge in [0, 0.05) is 5.02 Å². The zero-order valence-corrected chi connectivity index (χ0v) is 12.4. The summed E-state index contributed by atoms with van der Waals surface area (Å²) >= 11 is 5.85. The van der Waals surface area contributed by atoms with Crippen molar-refractivity contribution in [3.05, 3.63) is 70.5 Å². The predicted molar refractivity (Wildman–Crippen MR) is 80.9 cm³/mol. The normalized spacial score (nSPS) is 12.0. The number of aryl methyl sites for hydroxylation is 1. The van der Waals surface area contributed by atoms with Crippen LogP contribution in [0.3, 0.4) is 0 Å². The van der Waals surface area contributed by atoms with Crippen LogP contribution >= 0.6 is 11.6 Å². The maximum Gasteiger partial charge on any atom is 0.313 e. The van der Waals surface area contributed by atoms with Gasteiger partial charge >= 0.3 is 5.97 Å². The van der Waals surface area contributed by atoms with E-state index in [4.69, 9.17) is 16.3 Å². The van der Waals surface area contributed by atoms with Gasteiger partial charge in [-0.15, -0.1) is 0 Å². The molecule has 0 aliphatic heterocycles. The number of hydrogen-bond donors (Lipinski definition) is 0. The van der Waals surface area contributed by atoms with Crippen molar-refractivity contribution in [2.24, 2.45) is 0 Å². The summed E-state index contributed by atoms with van der Waals surface area (Å²) in [5, 5.41) is 0.682. The van der Waals surface area contributed by atoms with Crippen LogP contribution in [0.15, 0.2) is 48.5 Å². The van der Waals surface area contributed by atoms with Gasteiger partial charge in [0.15, 0.2) is 0 Å². The van der Waals surface area contributed by atoms with E-state index in [0.29, 0.717) is 17.9 Å². The average molecular weight is 307 g/mol. The molecule has 2 aromatic carbocycles. The first-order valence-electron chi connectivity index (χ1n) is 6.68. The van der Waals surface area contributed by atoms with Crippen LogP contribution in [0.2, 0.25) is 5.02 Å². The van der Waals surface area contributed by atoms with Crippen LogP contribution in [0.25, 0.3) is 0 Å². The highest BCUT2D eigenvalue weighted by Crippen LogP contribution is 2.24. The van der Waals surface area contributed by atoms with Gasteiger partial charge in [-0.3, -0.25) is 4.79 Å². The molecule has 0 aromatic heterocycles. The minimum absolute atomic E-state index is 0.310. The zero-order valence-electron chi connectivity index (χ0n) is 11.7. The van der Waals surface area contributed by atoms with E-state index in [2.05, 4.69) is 0 Å². The van der Waals surface area contributed by atoms with Crippen LogP contribution in [-0.2, 0) is 16.0 Å². The highest BCUT2D eigenvalue weighted by Gasteiger charge is 2.21. The number of carbonyl (C=O) groups is 1. The lowest BCUT2D eigenvalue weighted by molar-refractivity contribution is -0.142. The number of halogens is 2. The molecule has 0 amide bonds. The molecular weight excluding hydrogens is 291 g/mol. The third-order valence-electron chi connectivity index (χ3n) is 3.39. The SMILES string of the molecule is COC(=O)C(CCc1ccc(Cl)cc1)c1ccc(F)cc1. The van der Waals surface area contributed by atoms with Crippen LogP contribution in [0.4, 0.5) is 4.39 Å². The Kier molecular flexibility index (Phi) is 5.34. The molecule has 0 heterocycles. The van der Waals surface area contributed by atoms with Crippen LogP contribution in [0, 0.1) is 5.82 Å². The quantitative estimate of drug-likeness (QED) is 0.767. The monoisotopic (exact) mass is 306 g/mol. The number of benzene rings is 2. The lowest BCUT2D eigenvalue weighted by atomic mass is 9.92. The molecule has 4 heteroatoms. The van der Waals surface area contributed by atoms with E-state index >= 15 is 0 Å². The Hall–Kier alpha value is -1.87. The van der Waals surface area contributed by atoms with E-state index in [1.165, 1.54) is 19.2 Å². The maximum atomic E-state index is 13.0. The van der Waals surface area contributed by atoms with Gasteiger partial charge < -0.3 is 4.74 Å². The Morgan fingerprint density at radius 3 is 2.33 bits per heavy atom. The fourth-order valence-electron chi connectivity index (χ4n) is 2.22. The third kappa shape index (κ3) is 4.30. The summed E-state index contributed by atoms with van der Waals surface area (Å²) < 4.78 is 17.8. The lowest BCUT2D eigenvalue weighted by Gasteiger charge is -2.15. The van der Waals surface area contributed by atoms with E-state index in [-0.39, 0.29) is 11.8 Å². The first-order chi connectivity index (χ1) is 10.1. The summed E-state index contributed by atoms with van der Waals surface area (Å²) in [5.41, 5.74) is 1.85. The molecule has 0 aliphatic carbocycles. The van der Waals surface area contributed by atoms with E-state index in [1.807, 2.05) is 24.3 Å². The van der Waals surface area contributed by atoms with Gasteiger partial charge in [0.25, 0.3) is 0 Å². The zero-order chi connectivity index (χ0) is 15.2. The van der Waals surface area contributed by atoms with Crippen molar-refractivity contribution >= 4 is 17.6 Å². The van der Waals surface area contributed by atoms with Crippen LogP contribution in [-0.4, -0.2) is 13.1 Å². The number of rotatable bonds is 5. The van der Waals surface area contributed by atoms with E-state index in [9.17, 15) is 9.18 Å². The van der Waals surface area contributed by atoms with Crippen molar-refractivity contribution < 1.29 is 13.9 Å². The fraction of sp³-hybridized carbons (Fsp3) is 0.235. The molecule has 1 atom stereocenters. The van der Waals surface area contributed by atoms with Gasteiger partial charge in [0.05, 0.1) is 13.0 Å². The van der Waals surface area contributed by atoms with Crippen LogP contribution < -0.4 is 0 Å². The summed E-state index contributed by atoms with van der Waals surface area (Å²) in [4.78, 5) is 11.9. The molecule has 0 spiro atoms. The average Bonchev–Trinajstić information content (AvgIpc) is 2.50. The molecule has 110 valence electrons.